The molecule has 4 aromatic carbocycles. The molecule has 0 aliphatic carbocycles. The van der Waals surface area contributed by atoms with Crippen molar-refractivity contribution in [3.05, 3.63) is 144 Å². The summed E-state index contributed by atoms with van der Waals surface area (Å²) >= 11 is 0. The molecule has 10 nitrogen and oxygen atoms in total. The van der Waals surface area contributed by atoms with Crippen LogP contribution < -0.4 is 10.6 Å². The average molecular weight is 629 g/mol. The molecule has 0 bridgehead atoms. The molecular formula is C37H36N6O4. The lowest BCUT2D eigenvalue weighted by Crippen LogP contribution is -2.58. The van der Waals surface area contributed by atoms with Crippen LogP contribution in [0.2, 0.25) is 0 Å². The van der Waals surface area contributed by atoms with E-state index >= 15 is 0 Å². The normalized spacial score (nSPS) is 21.2. The number of hydrogen-bond donors (Lipinski definition) is 2. The molecule has 0 radical (unpaired) electrons. The minimum atomic E-state index is -1.32. The third-order valence-electron chi connectivity index (χ3n) is 9.55. The maximum absolute atomic E-state index is 14.2. The van der Waals surface area contributed by atoms with E-state index in [-0.39, 0.29) is 31.2 Å². The molecule has 10 heteroatoms. The van der Waals surface area contributed by atoms with Crippen LogP contribution in [-0.2, 0) is 20.7 Å². The molecule has 0 aromatic heterocycles. The summed E-state index contributed by atoms with van der Waals surface area (Å²) in [5.74, 6) is -0.653. The Hall–Kier alpha value is -5.32. The molecule has 0 saturated carbocycles. The lowest BCUT2D eigenvalue weighted by Gasteiger charge is -2.41. The molecule has 238 valence electrons. The van der Waals surface area contributed by atoms with Gasteiger partial charge in [0.15, 0.2) is 11.1 Å². The Kier molecular flexibility index (Phi) is 7.83. The molecule has 1 unspecified atom stereocenters. The standard InChI is InChI=1S/C37H36N6O4/c1-27-24-40(25-42-32(44)36(38-34(42)46,28-14-6-2-7-15-28)29-16-8-3-9-17-29)22-23-41(27)26-43-33(45)37(39-35(43)47,30-18-10-4-11-19-30)31-20-12-5-13-21-31/h2-21,27H,22-26H2,1H3,(H,38,46)(H,39,47). The first-order valence-electron chi connectivity index (χ1n) is 15.8. The van der Waals surface area contributed by atoms with Gasteiger partial charge < -0.3 is 10.6 Å². The van der Waals surface area contributed by atoms with Crippen LogP contribution in [0.4, 0.5) is 9.59 Å². The number of nitrogens with zero attached hydrogens (tertiary/aromatic N) is 4. The van der Waals surface area contributed by atoms with Crippen molar-refractivity contribution in [2.45, 2.75) is 24.0 Å². The van der Waals surface area contributed by atoms with E-state index < -0.39 is 23.1 Å². The highest BCUT2D eigenvalue weighted by Gasteiger charge is 2.55. The van der Waals surface area contributed by atoms with Crippen LogP contribution in [0.25, 0.3) is 0 Å². The molecule has 3 aliphatic heterocycles. The number of nitrogens with one attached hydrogen (secondary N) is 2. The van der Waals surface area contributed by atoms with Crippen molar-refractivity contribution in [3.8, 4) is 0 Å². The molecule has 1 atom stereocenters. The zero-order chi connectivity index (χ0) is 32.6. The number of rotatable bonds is 8. The maximum Gasteiger partial charge on any atom is 0.326 e. The smallest absolute Gasteiger partial charge is 0.315 e. The molecule has 3 heterocycles. The summed E-state index contributed by atoms with van der Waals surface area (Å²) in [6.45, 7) is 3.88. The lowest BCUT2D eigenvalue weighted by atomic mass is 9.83. The van der Waals surface area contributed by atoms with Gasteiger partial charge in [-0.1, -0.05) is 121 Å². The van der Waals surface area contributed by atoms with Gasteiger partial charge in [0.2, 0.25) is 0 Å². The van der Waals surface area contributed by atoms with Crippen molar-refractivity contribution in [2.24, 2.45) is 0 Å². The monoisotopic (exact) mass is 628 g/mol. The summed E-state index contributed by atoms with van der Waals surface area (Å²) in [4.78, 5) is 62.0. The van der Waals surface area contributed by atoms with E-state index in [1.165, 1.54) is 9.80 Å². The Morgan fingerprint density at radius 2 is 0.915 bits per heavy atom. The number of carbonyl (C=O) groups excluding carboxylic acids is 4. The summed E-state index contributed by atoms with van der Waals surface area (Å²) in [6, 6.07) is 36.3. The Balaban J connectivity index is 1.07. The van der Waals surface area contributed by atoms with Crippen molar-refractivity contribution >= 4 is 23.9 Å². The number of amides is 6. The molecule has 3 fully saturated rings. The fraction of sp³-hybridized carbons (Fsp3) is 0.243. The van der Waals surface area contributed by atoms with Gasteiger partial charge in [-0.2, -0.15) is 0 Å². The molecule has 2 N–H and O–H groups in total. The van der Waals surface area contributed by atoms with Gasteiger partial charge in [0.05, 0.1) is 13.3 Å². The zero-order valence-corrected chi connectivity index (χ0v) is 26.1. The van der Waals surface area contributed by atoms with Gasteiger partial charge in [0, 0.05) is 25.7 Å². The Morgan fingerprint density at radius 3 is 1.28 bits per heavy atom. The Labute approximate surface area is 273 Å². The van der Waals surface area contributed by atoms with Crippen LogP contribution in [0.15, 0.2) is 121 Å². The quantitative estimate of drug-likeness (QED) is 0.287. The zero-order valence-electron chi connectivity index (χ0n) is 26.1. The van der Waals surface area contributed by atoms with E-state index in [1.54, 1.807) is 0 Å². The molecule has 3 aliphatic rings. The van der Waals surface area contributed by atoms with Crippen LogP contribution in [0.5, 0.6) is 0 Å². The fourth-order valence-electron chi connectivity index (χ4n) is 7.07. The number of imide groups is 2. The first-order valence-corrected chi connectivity index (χ1v) is 15.8. The van der Waals surface area contributed by atoms with Crippen molar-refractivity contribution in [2.75, 3.05) is 33.0 Å². The number of carbonyl (C=O) groups is 4. The first kappa shape index (κ1) is 30.3. The molecule has 4 aromatic rings. The van der Waals surface area contributed by atoms with E-state index in [9.17, 15) is 19.2 Å². The molecule has 3 saturated heterocycles. The highest BCUT2D eigenvalue weighted by atomic mass is 16.2. The number of piperazine rings is 1. The summed E-state index contributed by atoms with van der Waals surface area (Å²) in [5, 5.41) is 6.03. The van der Waals surface area contributed by atoms with Crippen LogP contribution in [0.1, 0.15) is 29.2 Å². The molecule has 7 rings (SSSR count). The van der Waals surface area contributed by atoms with E-state index in [2.05, 4.69) is 20.4 Å². The second-order valence-electron chi connectivity index (χ2n) is 12.3. The van der Waals surface area contributed by atoms with Gasteiger partial charge in [-0.3, -0.25) is 19.4 Å². The van der Waals surface area contributed by atoms with Crippen molar-refractivity contribution < 1.29 is 19.2 Å². The van der Waals surface area contributed by atoms with Gasteiger partial charge in [-0.25, -0.2) is 19.4 Å². The van der Waals surface area contributed by atoms with Crippen LogP contribution in [0, 0.1) is 0 Å². The van der Waals surface area contributed by atoms with Gasteiger partial charge in [0.1, 0.15) is 0 Å². The summed E-state index contributed by atoms with van der Waals surface area (Å²) in [7, 11) is 0. The number of urea groups is 2. The second-order valence-corrected chi connectivity index (χ2v) is 12.3. The van der Waals surface area contributed by atoms with Crippen molar-refractivity contribution in [1.82, 2.24) is 30.2 Å². The van der Waals surface area contributed by atoms with E-state index in [1.807, 2.05) is 128 Å². The predicted molar refractivity (Wildman–Crippen MR) is 176 cm³/mol. The van der Waals surface area contributed by atoms with Crippen molar-refractivity contribution in [3.63, 3.8) is 0 Å². The minimum absolute atomic E-state index is 0.0680. The SMILES string of the molecule is CC1CN(CN2C(=O)NC(c3ccccc3)(c3ccccc3)C2=O)CCN1CN1C(=O)NC(c2ccccc2)(c2ccccc2)C1=O. The maximum atomic E-state index is 14.2. The third-order valence-corrected chi connectivity index (χ3v) is 9.55. The lowest BCUT2D eigenvalue weighted by molar-refractivity contribution is -0.134. The number of benzene rings is 4. The summed E-state index contributed by atoms with van der Waals surface area (Å²) in [5.41, 5.74) is 0.140. The second kappa shape index (κ2) is 12.1. The Bertz CT molecular complexity index is 1710. The topological polar surface area (TPSA) is 105 Å². The first-order chi connectivity index (χ1) is 22.8. The molecular weight excluding hydrogens is 592 g/mol. The fourth-order valence-corrected chi connectivity index (χ4v) is 7.07. The van der Waals surface area contributed by atoms with Crippen molar-refractivity contribution in [1.29, 1.82) is 0 Å². The van der Waals surface area contributed by atoms with Gasteiger partial charge >= 0.3 is 12.1 Å². The average Bonchev–Trinajstić information content (AvgIpc) is 3.52. The highest BCUT2D eigenvalue weighted by Crippen LogP contribution is 2.38. The van der Waals surface area contributed by atoms with E-state index in [0.717, 1.165) is 0 Å². The highest BCUT2D eigenvalue weighted by molar-refractivity contribution is 6.10. The third kappa shape index (κ3) is 5.06. The van der Waals surface area contributed by atoms with E-state index in [4.69, 9.17) is 0 Å². The van der Waals surface area contributed by atoms with Crippen LogP contribution >= 0.6 is 0 Å². The minimum Gasteiger partial charge on any atom is -0.315 e. The van der Waals surface area contributed by atoms with Gasteiger partial charge in [-0.05, 0) is 29.2 Å². The van der Waals surface area contributed by atoms with Gasteiger partial charge in [0.25, 0.3) is 11.8 Å². The largest absolute Gasteiger partial charge is 0.326 e. The van der Waals surface area contributed by atoms with Gasteiger partial charge in [-0.15, -0.1) is 0 Å². The predicted octanol–water partition coefficient (Wildman–Crippen LogP) is 3.90. The molecule has 47 heavy (non-hydrogen) atoms. The van der Waals surface area contributed by atoms with Crippen LogP contribution in [0.3, 0.4) is 0 Å². The number of hydrogen-bond acceptors (Lipinski definition) is 6. The Morgan fingerprint density at radius 1 is 0.553 bits per heavy atom. The van der Waals surface area contributed by atoms with Crippen LogP contribution in [-0.4, -0.2) is 82.5 Å². The van der Waals surface area contributed by atoms with E-state index in [0.29, 0.717) is 41.9 Å². The molecule has 6 amide bonds. The molecule has 0 spiro atoms. The summed E-state index contributed by atoms with van der Waals surface area (Å²) in [6.07, 6.45) is 0. The summed E-state index contributed by atoms with van der Waals surface area (Å²) < 4.78 is 0.